The van der Waals surface area contributed by atoms with Crippen LogP contribution in [0.5, 0.6) is 0 Å². The van der Waals surface area contributed by atoms with Crippen molar-refractivity contribution in [1.82, 2.24) is 0 Å². The van der Waals surface area contributed by atoms with E-state index in [1.54, 1.807) is 6.07 Å². The third kappa shape index (κ3) is 4.31. The van der Waals surface area contributed by atoms with Crippen molar-refractivity contribution in [1.29, 1.82) is 0 Å². The average Bonchev–Trinajstić information content (AvgIpc) is 2.93. The Morgan fingerprint density at radius 2 is 1.82 bits per heavy atom. The van der Waals surface area contributed by atoms with Gasteiger partial charge in [-0.05, 0) is 42.3 Å². The fraction of sp³-hybridized carbons (Fsp3) is 0.235. The van der Waals surface area contributed by atoms with E-state index in [0.717, 1.165) is 29.9 Å². The van der Waals surface area contributed by atoms with Crippen LogP contribution < -0.4 is 0 Å². The largest absolute Gasteiger partial charge is 0.416 e. The quantitative estimate of drug-likeness (QED) is 0.515. The lowest BCUT2D eigenvalue weighted by Crippen LogP contribution is -2.03. The molecule has 0 atom stereocenters. The number of rotatable bonds is 5. The van der Waals surface area contributed by atoms with Crippen molar-refractivity contribution in [3.63, 3.8) is 0 Å². The highest BCUT2D eigenvalue weighted by Crippen LogP contribution is 2.29. The fourth-order valence-electron chi connectivity index (χ4n) is 1.93. The summed E-state index contributed by atoms with van der Waals surface area (Å²) in [5.74, 6) is -0.132. The van der Waals surface area contributed by atoms with Crippen LogP contribution in [-0.2, 0) is 12.6 Å². The monoisotopic (exact) mass is 324 g/mol. The number of hydrogen-bond donors (Lipinski definition) is 0. The van der Waals surface area contributed by atoms with Gasteiger partial charge in [-0.2, -0.15) is 13.2 Å². The number of allylic oxidation sites excluding steroid dienone is 1. The van der Waals surface area contributed by atoms with E-state index in [0.29, 0.717) is 10.4 Å². The summed E-state index contributed by atoms with van der Waals surface area (Å²) in [5.41, 5.74) is -0.134. The van der Waals surface area contributed by atoms with Gasteiger partial charge in [-0.25, -0.2) is 0 Å². The predicted molar refractivity (Wildman–Crippen MR) is 83.1 cm³/mol. The van der Waals surface area contributed by atoms with Crippen molar-refractivity contribution in [3.8, 4) is 0 Å². The number of carbonyl (C=O) groups excluding carboxylic acids is 1. The molecule has 0 saturated carbocycles. The molecule has 0 bridgehead atoms. The minimum Gasteiger partial charge on any atom is -0.288 e. The van der Waals surface area contributed by atoms with Gasteiger partial charge in [0.2, 0.25) is 0 Å². The van der Waals surface area contributed by atoms with Gasteiger partial charge in [0.25, 0.3) is 0 Å². The molecule has 0 fully saturated rings. The molecule has 22 heavy (non-hydrogen) atoms. The molecule has 1 nitrogen and oxygen atoms in total. The molecule has 1 heterocycles. The van der Waals surface area contributed by atoms with E-state index in [9.17, 15) is 18.0 Å². The Labute approximate surface area is 131 Å². The van der Waals surface area contributed by atoms with Crippen LogP contribution in [0.1, 0.15) is 39.0 Å². The maximum atomic E-state index is 12.4. The molecule has 0 radical (unpaired) electrons. The van der Waals surface area contributed by atoms with E-state index in [1.165, 1.54) is 35.6 Å². The molecule has 0 aliphatic rings. The van der Waals surface area contributed by atoms with Gasteiger partial charge in [0.1, 0.15) is 0 Å². The lowest BCUT2D eigenvalue weighted by molar-refractivity contribution is -0.137. The van der Waals surface area contributed by atoms with E-state index >= 15 is 0 Å². The minimum atomic E-state index is -4.34. The summed E-state index contributed by atoms with van der Waals surface area (Å²) in [5, 5.41) is 0. The Kier molecular flexibility index (Phi) is 5.19. The summed E-state index contributed by atoms with van der Waals surface area (Å²) in [7, 11) is 0. The second-order valence-corrected chi connectivity index (χ2v) is 6.00. The maximum absolute atomic E-state index is 12.4. The van der Waals surface area contributed by atoms with Gasteiger partial charge in [-0.1, -0.05) is 31.6 Å². The number of ketones is 1. The number of alkyl halides is 3. The van der Waals surface area contributed by atoms with Crippen molar-refractivity contribution < 1.29 is 18.0 Å². The second kappa shape index (κ2) is 6.92. The number of thiophene rings is 1. The Balaban J connectivity index is 2.05. The fourth-order valence-corrected chi connectivity index (χ4v) is 2.96. The van der Waals surface area contributed by atoms with Crippen molar-refractivity contribution in [3.05, 3.63) is 63.4 Å². The predicted octanol–water partition coefficient (Wildman–Crippen LogP) is 5.62. The van der Waals surface area contributed by atoms with E-state index < -0.39 is 11.7 Å². The Morgan fingerprint density at radius 3 is 2.41 bits per heavy atom. The first-order valence-corrected chi connectivity index (χ1v) is 7.70. The normalized spacial score (nSPS) is 12.0. The van der Waals surface area contributed by atoms with Crippen molar-refractivity contribution in [2.75, 3.05) is 0 Å². The summed E-state index contributed by atoms with van der Waals surface area (Å²) in [4.78, 5) is 13.8. The smallest absolute Gasteiger partial charge is 0.288 e. The van der Waals surface area contributed by atoms with Gasteiger partial charge in [-0.3, -0.25) is 4.79 Å². The summed E-state index contributed by atoms with van der Waals surface area (Å²) in [6.07, 6.45) is 0.548. The summed E-state index contributed by atoms with van der Waals surface area (Å²) in [6, 6.07) is 8.44. The van der Waals surface area contributed by atoms with Crippen LogP contribution in [0.4, 0.5) is 13.2 Å². The first-order valence-electron chi connectivity index (χ1n) is 6.88. The Bertz CT molecular complexity index is 666. The molecule has 0 aliphatic carbocycles. The van der Waals surface area contributed by atoms with E-state index in [2.05, 4.69) is 6.92 Å². The minimum absolute atomic E-state index is 0.132. The zero-order chi connectivity index (χ0) is 16.2. The average molecular weight is 324 g/mol. The van der Waals surface area contributed by atoms with Gasteiger partial charge < -0.3 is 0 Å². The van der Waals surface area contributed by atoms with Crippen LogP contribution in [0.2, 0.25) is 0 Å². The van der Waals surface area contributed by atoms with Crippen molar-refractivity contribution in [2.24, 2.45) is 0 Å². The summed E-state index contributed by atoms with van der Waals surface area (Å²) < 4.78 is 37.3. The molecule has 2 rings (SSSR count). The molecule has 0 spiro atoms. The molecule has 116 valence electrons. The van der Waals surface area contributed by atoms with Crippen LogP contribution >= 0.6 is 11.3 Å². The molecule has 1 aromatic carbocycles. The van der Waals surface area contributed by atoms with Crippen LogP contribution in [-0.4, -0.2) is 5.78 Å². The van der Waals surface area contributed by atoms with Gasteiger partial charge >= 0.3 is 6.18 Å². The van der Waals surface area contributed by atoms with Crippen LogP contribution in [0.3, 0.4) is 0 Å². The molecule has 0 unspecified atom stereocenters. The standard InChI is InChI=1S/C17H15F3OS/c1-2-3-14-9-11-16(22-14)15(21)10-6-12-4-7-13(8-5-12)17(18,19)20/h4-11H,2-3H2,1H3/b10-6+. The zero-order valence-electron chi connectivity index (χ0n) is 12.0. The molecule has 0 aliphatic heterocycles. The van der Waals surface area contributed by atoms with Crippen LogP contribution in [0.25, 0.3) is 6.08 Å². The number of hydrogen-bond acceptors (Lipinski definition) is 2. The van der Waals surface area contributed by atoms with E-state index in [4.69, 9.17) is 0 Å². The second-order valence-electron chi connectivity index (χ2n) is 4.83. The van der Waals surface area contributed by atoms with Gasteiger partial charge in [-0.15, -0.1) is 11.3 Å². The lowest BCUT2D eigenvalue weighted by Gasteiger charge is -2.05. The lowest BCUT2D eigenvalue weighted by atomic mass is 10.1. The first-order chi connectivity index (χ1) is 10.4. The molecule has 0 amide bonds. The molecule has 0 saturated heterocycles. The molecular formula is C17H15F3OS. The Hall–Kier alpha value is -1.88. The van der Waals surface area contributed by atoms with Crippen molar-refractivity contribution in [2.45, 2.75) is 25.9 Å². The molecule has 5 heteroatoms. The van der Waals surface area contributed by atoms with Gasteiger partial charge in [0, 0.05) is 4.88 Å². The summed E-state index contributed by atoms with van der Waals surface area (Å²) in [6.45, 7) is 2.08. The van der Waals surface area contributed by atoms with Crippen molar-refractivity contribution >= 4 is 23.2 Å². The number of aryl methyl sites for hydroxylation is 1. The topological polar surface area (TPSA) is 17.1 Å². The van der Waals surface area contributed by atoms with Gasteiger partial charge in [0.15, 0.2) is 5.78 Å². The first kappa shape index (κ1) is 16.5. The Morgan fingerprint density at radius 1 is 1.14 bits per heavy atom. The highest BCUT2D eigenvalue weighted by Gasteiger charge is 2.29. The molecular weight excluding hydrogens is 309 g/mol. The van der Waals surface area contributed by atoms with Crippen LogP contribution in [0.15, 0.2) is 42.5 Å². The maximum Gasteiger partial charge on any atom is 0.416 e. The molecule has 1 aromatic heterocycles. The van der Waals surface area contributed by atoms with Crippen LogP contribution in [0, 0.1) is 0 Å². The molecule has 0 N–H and O–H groups in total. The SMILES string of the molecule is CCCc1ccc(C(=O)/C=C/c2ccc(C(F)(F)F)cc2)s1. The van der Waals surface area contributed by atoms with E-state index in [1.807, 2.05) is 6.07 Å². The molecule has 2 aromatic rings. The highest BCUT2D eigenvalue weighted by molar-refractivity contribution is 7.14. The number of carbonyl (C=O) groups is 1. The third-order valence-corrected chi connectivity index (χ3v) is 4.23. The highest BCUT2D eigenvalue weighted by atomic mass is 32.1. The third-order valence-electron chi connectivity index (χ3n) is 3.07. The number of benzene rings is 1. The van der Waals surface area contributed by atoms with E-state index in [-0.39, 0.29) is 5.78 Å². The summed E-state index contributed by atoms with van der Waals surface area (Å²) >= 11 is 1.46. The van der Waals surface area contributed by atoms with Gasteiger partial charge in [0.05, 0.1) is 10.4 Å². The zero-order valence-corrected chi connectivity index (χ0v) is 12.8. The number of halogens is 3.